The number of pyridine rings is 1. The SMILES string of the molecule is CCOC(=O)c1cc(C(F)(F)F)cc(CO[Si](C)(C)C(C)(C)C)n1. The van der Waals surface area contributed by atoms with E-state index in [1.54, 1.807) is 6.92 Å². The van der Waals surface area contributed by atoms with Crippen LogP contribution in [-0.2, 0) is 21.9 Å². The third-order valence-electron chi connectivity index (χ3n) is 4.08. The van der Waals surface area contributed by atoms with Crippen LogP contribution in [0.5, 0.6) is 0 Å². The Kier molecular flexibility index (Phi) is 6.21. The van der Waals surface area contributed by atoms with Crippen molar-refractivity contribution < 1.29 is 27.1 Å². The van der Waals surface area contributed by atoms with Crippen molar-refractivity contribution in [3.8, 4) is 0 Å². The number of nitrogens with zero attached hydrogens (tertiary/aromatic N) is 1. The van der Waals surface area contributed by atoms with Crippen LogP contribution in [-0.4, -0.2) is 25.9 Å². The van der Waals surface area contributed by atoms with E-state index in [9.17, 15) is 18.0 Å². The van der Waals surface area contributed by atoms with Gasteiger partial charge in [-0.1, -0.05) is 20.8 Å². The number of rotatable bonds is 5. The van der Waals surface area contributed by atoms with Gasteiger partial charge in [0.25, 0.3) is 0 Å². The van der Waals surface area contributed by atoms with Gasteiger partial charge in [-0.05, 0) is 37.2 Å². The molecule has 1 aromatic heterocycles. The average molecular weight is 363 g/mol. The van der Waals surface area contributed by atoms with Gasteiger partial charge in [0.15, 0.2) is 8.32 Å². The molecule has 0 aliphatic rings. The summed E-state index contributed by atoms with van der Waals surface area (Å²) in [6, 6.07) is 1.61. The molecule has 0 aromatic carbocycles. The van der Waals surface area contributed by atoms with Crippen LogP contribution in [0.15, 0.2) is 12.1 Å². The molecule has 4 nitrogen and oxygen atoms in total. The number of carbonyl (C=O) groups is 1. The Morgan fingerprint density at radius 1 is 1.21 bits per heavy atom. The second-order valence-electron chi connectivity index (χ2n) is 7.00. The normalized spacial score (nSPS) is 13.0. The lowest BCUT2D eigenvalue weighted by atomic mass is 10.2. The number of carbonyl (C=O) groups excluding carboxylic acids is 1. The lowest BCUT2D eigenvalue weighted by Crippen LogP contribution is -2.40. The molecular formula is C16H24F3NO3Si. The molecule has 1 aromatic rings. The van der Waals surface area contributed by atoms with Crippen LogP contribution in [0.3, 0.4) is 0 Å². The number of alkyl halides is 3. The zero-order valence-electron chi connectivity index (χ0n) is 14.9. The van der Waals surface area contributed by atoms with Gasteiger partial charge in [0.2, 0.25) is 0 Å². The minimum Gasteiger partial charge on any atom is -0.461 e. The molecule has 136 valence electrons. The molecule has 0 atom stereocenters. The second-order valence-corrected chi connectivity index (χ2v) is 11.8. The van der Waals surface area contributed by atoms with E-state index in [-0.39, 0.29) is 29.6 Å². The van der Waals surface area contributed by atoms with E-state index in [4.69, 9.17) is 9.16 Å². The first-order chi connectivity index (χ1) is 10.8. The van der Waals surface area contributed by atoms with Gasteiger partial charge in [0, 0.05) is 0 Å². The quantitative estimate of drug-likeness (QED) is 0.557. The number of aromatic nitrogens is 1. The van der Waals surface area contributed by atoms with Gasteiger partial charge in [0.05, 0.1) is 24.5 Å². The van der Waals surface area contributed by atoms with Crippen LogP contribution < -0.4 is 0 Å². The Balaban J connectivity index is 3.14. The Labute approximate surface area is 141 Å². The van der Waals surface area contributed by atoms with Gasteiger partial charge in [0.1, 0.15) is 5.69 Å². The minimum absolute atomic E-state index is 0.0621. The van der Waals surface area contributed by atoms with Crippen molar-refractivity contribution in [2.45, 2.75) is 58.6 Å². The molecule has 0 saturated carbocycles. The highest BCUT2D eigenvalue weighted by atomic mass is 28.4. The maximum Gasteiger partial charge on any atom is 0.416 e. The van der Waals surface area contributed by atoms with Crippen LogP contribution >= 0.6 is 0 Å². The molecule has 0 N–H and O–H groups in total. The molecule has 1 heterocycles. The Hall–Kier alpha value is -1.41. The number of esters is 1. The lowest BCUT2D eigenvalue weighted by molar-refractivity contribution is -0.137. The molecule has 0 radical (unpaired) electrons. The van der Waals surface area contributed by atoms with E-state index in [1.165, 1.54) is 0 Å². The van der Waals surface area contributed by atoms with E-state index in [1.807, 2.05) is 33.9 Å². The first-order valence-electron chi connectivity index (χ1n) is 7.67. The van der Waals surface area contributed by atoms with Crippen molar-refractivity contribution in [1.29, 1.82) is 0 Å². The van der Waals surface area contributed by atoms with Crippen molar-refractivity contribution in [3.05, 3.63) is 29.1 Å². The molecular weight excluding hydrogens is 339 g/mol. The molecule has 24 heavy (non-hydrogen) atoms. The molecule has 8 heteroatoms. The van der Waals surface area contributed by atoms with Crippen molar-refractivity contribution in [2.24, 2.45) is 0 Å². The third kappa shape index (κ3) is 5.30. The molecule has 0 bridgehead atoms. The van der Waals surface area contributed by atoms with Gasteiger partial charge >= 0.3 is 12.1 Å². The zero-order valence-corrected chi connectivity index (χ0v) is 15.9. The summed E-state index contributed by atoms with van der Waals surface area (Å²) in [5.41, 5.74) is -1.23. The average Bonchev–Trinajstić information content (AvgIpc) is 2.43. The summed E-state index contributed by atoms with van der Waals surface area (Å²) in [6.07, 6.45) is -4.57. The van der Waals surface area contributed by atoms with Crippen LogP contribution in [0.1, 0.15) is 49.4 Å². The van der Waals surface area contributed by atoms with Crippen molar-refractivity contribution in [3.63, 3.8) is 0 Å². The van der Waals surface area contributed by atoms with E-state index in [2.05, 4.69) is 4.98 Å². The van der Waals surface area contributed by atoms with Gasteiger partial charge in [-0.2, -0.15) is 13.2 Å². The first kappa shape index (κ1) is 20.6. The fourth-order valence-electron chi connectivity index (χ4n) is 1.61. The fourth-order valence-corrected chi connectivity index (χ4v) is 2.55. The molecule has 0 aliphatic heterocycles. The topological polar surface area (TPSA) is 48.4 Å². The second kappa shape index (κ2) is 7.22. The molecule has 0 amide bonds. The monoisotopic (exact) mass is 363 g/mol. The standard InChI is InChI=1S/C16H24F3NO3Si/c1-7-22-14(21)13-9-11(16(17,18)19)8-12(20-13)10-23-24(5,6)15(2,3)4/h8-9H,7,10H2,1-6H3. The van der Waals surface area contributed by atoms with E-state index in [0.29, 0.717) is 6.07 Å². The Morgan fingerprint density at radius 2 is 1.79 bits per heavy atom. The molecule has 0 spiro atoms. The molecule has 0 saturated heterocycles. The molecule has 0 fully saturated rings. The van der Waals surface area contributed by atoms with Gasteiger partial charge in [-0.3, -0.25) is 0 Å². The molecule has 1 rings (SSSR count). The van der Waals surface area contributed by atoms with Gasteiger partial charge < -0.3 is 9.16 Å². The van der Waals surface area contributed by atoms with Gasteiger partial charge in [-0.25, -0.2) is 9.78 Å². The predicted octanol–water partition coefficient (Wildman–Crippen LogP) is 4.80. The smallest absolute Gasteiger partial charge is 0.416 e. The third-order valence-corrected chi connectivity index (χ3v) is 8.56. The minimum atomic E-state index is -4.57. The lowest BCUT2D eigenvalue weighted by Gasteiger charge is -2.36. The number of ether oxygens (including phenoxy) is 1. The van der Waals surface area contributed by atoms with Crippen LogP contribution in [0.2, 0.25) is 18.1 Å². The predicted molar refractivity (Wildman–Crippen MR) is 87.2 cm³/mol. The largest absolute Gasteiger partial charge is 0.461 e. The molecule has 0 unspecified atom stereocenters. The summed E-state index contributed by atoms with van der Waals surface area (Å²) in [7, 11) is -2.15. The number of halogens is 3. The zero-order chi connectivity index (χ0) is 18.8. The van der Waals surface area contributed by atoms with E-state index in [0.717, 1.165) is 6.07 Å². The fraction of sp³-hybridized carbons (Fsp3) is 0.625. The van der Waals surface area contributed by atoms with Crippen LogP contribution in [0.4, 0.5) is 13.2 Å². The Bertz CT molecular complexity index is 595. The maximum atomic E-state index is 13.0. The summed E-state index contributed by atoms with van der Waals surface area (Å²) >= 11 is 0. The molecule has 0 aliphatic carbocycles. The van der Waals surface area contributed by atoms with Crippen LogP contribution in [0.25, 0.3) is 0 Å². The summed E-state index contributed by atoms with van der Waals surface area (Å²) in [5.74, 6) is -0.878. The first-order valence-corrected chi connectivity index (χ1v) is 10.6. The summed E-state index contributed by atoms with van der Waals surface area (Å²) in [5, 5.41) is -0.0847. The van der Waals surface area contributed by atoms with Crippen LogP contribution in [0, 0.1) is 0 Å². The highest BCUT2D eigenvalue weighted by Gasteiger charge is 2.38. The van der Waals surface area contributed by atoms with E-state index >= 15 is 0 Å². The summed E-state index contributed by atoms with van der Waals surface area (Å²) in [6.45, 7) is 11.6. The van der Waals surface area contributed by atoms with Crippen molar-refractivity contribution in [1.82, 2.24) is 4.98 Å². The summed E-state index contributed by atoms with van der Waals surface area (Å²) in [4.78, 5) is 15.7. The number of hydrogen-bond acceptors (Lipinski definition) is 4. The Morgan fingerprint density at radius 3 is 2.25 bits per heavy atom. The van der Waals surface area contributed by atoms with Crippen molar-refractivity contribution in [2.75, 3.05) is 6.61 Å². The summed E-state index contributed by atoms with van der Waals surface area (Å²) < 4.78 is 49.8. The maximum absolute atomic E-state index is 13.0. The van der Waals surface area contributed by atoms with Gasteiger partial charge in [-0.15, -0.1) is 0 Å². The highest BCUT2D eigenvalue weighted by molar-refractivity contribution is 6.74. The van der Waals surface area contributed by atoms with Crippen molar-refractivity contribution >= 4 is 14.3 Å². The highest BCUT2D eigenvalue weighted by Crippen LogP contribution is 2.37. The van der Waals surface area contributed by atoms with E-state index < -0.39 is 26.0 Å². The number of hydrogen-bond donors (Lipinski definition) is 0.